The Kier molecular flexibility index (Phi) is 3.55. The molecule has 0 aliphatic carbocycles. The zero-order valence-corrected chi connectivity index (χ0v) is 3.51. The van der Waals surface area contributed by atoms with Gasteiger partial charge in [0, 0.05) is 6.21 Å². The van der Waals surface area contributed by atoms with E-state index in [-0.39, 0.29) is 0 Å². The summed E-state index contributed by atoms with van der Waals surface area (Å²) in [5, 5.41) is 3.35. The first kappa shape index (κ1) is 5.14. The van der Waals surface area contributed by atoms with Crippen LogP contribution in [0.25, 0.3) is 0 Å². The Hall–Kier alpha value is -0.860. The van der Waals surface area contributed by atoms with Crippen LogP contribution in [0.15, 0.2) is 5.10 Å². The molecule has 0 radical (unpaired) electrons. The van der Waals surface area contributed by atoms with Gasteiger partial charge in [0.25, 0.3) is 0 Å². The normalized spacial score (nSPS) is 8.83. The van der Waals surface area contributed by atoms with Crippen LogP contribution in [0.1, 0.15) is 6.92 Å². The lowest BCUT2D eigenvalue weighted by Gasteiger charge is -1.74. The van der Waals surface area contributed by atoms with Gasteiger partial charge in [-0.1, -0.05) is 0 Å². The van der Waals surface area contributed by atoms with Crippen molar-refractivity contribution >= 4 is 12.6 Å². The number of hydrazone groups is 1. The van der Waals surface area contributed by atoms with Gasteiger partial charge in [0.2, 0.25) is 6.41 Å². The summed E-state index contributed by atoms with van der Waals surface area (Å²) in [6, 6.07) is 0. The predicted molar refractivity (Wildman–Crippen MR) is 23.4 cm³/mol. The van der Waals surface area contributed by atoms with Crippen molar-refractivity contribution in [1.82, 2.24) is 5.43 Å². The molecule has 0 aromatic rings. The molecule has 0 saturated heterocycles. The molecule has 3 heteroatoms. The van der Waals surface area contributed by atoms with E-state index >= 15 is 0 Å². The second-order valence-corrected chi connectivity index (χ2v) is 0.634. The Morgan fingerprint density at radius 2 is 2.50 bits per heavy atom. The zero-order chi connectivity index (χ0) is 4.83. The molecule has 6 heavy (non-hydrogen) atoms. The maximum atomic E-state index is 9.34. The molecule has 0 unspecified atom stereocenters. The number of nitrogens with one attached hydrogen (secondary N) is 1. The molecule has 0 aromatic carbocycles. The highest BCUT2D eigenvalue weighted by atomic mass is 16.1. The average molecular weight is 86.1 g/mol. The monoisotopic (exact) mass is 86.0 g/mol. The Morgan fingerprint density at radius 3 is 2.67 bits per heavy atom. The quantitative estimate of drug-likeness (QED) is 0.281. The topological polar surface area (TPSA) is 41.5 Å². The molecule has 0 aromatic heterocycles. The van der Waals surface area contributed by atoms with Crippen LogP contribution in [0, 0.1) is 0 Å². The largest absolute Gasteiger partial charge is 0.277 e. The first-order valence-corrected chi connectivity index (χ1v) is 1.58. The van der Waals surface area contributed by atoms with Crippen LogP contribution in [-0.4, -0.2) is 12.6 Å². The molecule has 3 nitrogen and oxygen atoms in total. The first-order chi connectivity index (χ1) is 2.91. The number of rotatable bonds is 2. The number of carbonyl (C=O) groups excluding carboxylic acids is 1. The van der Waals surface area contributed by atoms with E-state index in [9.17, 15) is 4.79 Å². The van der Waals surface area contributed by atoms with Gasteiger partial charge in [-0.15, -0.1) is 0 Å². The molecule has 1 N–H and O–H groups in total. The van der Waals surface area contributed by atoms with Crippen molar-refractivity contribution < 1.29 is 4.79 Å². The van der Waals surface area contributed by atoms with Crippen molar-refractivity contribution in [2.45, 2.75) is 6.92 Å². The Labute approximate surface area is 36.0 Å². The minimum absolute atomic E-state index is 0.514. The van der Waals surface area contributed by atoms with Crippen LogP contribution in [0.2, 0.25) is 0 Å². The lowest BCUT2D eigenvalue weighted by atomic mass is 10.9. The molecule has 0 fully saturated rings. The number of nitrogens with zero attached hydrogens (tertiary/aromatic N) is 1. The van der Waals surface area contributed by atoms with Crippen molar-refractivity contribution in [2.24, 2.45) is 5.10 Å². The zero-order valence-electron chi connectivity index (χ0n) is 3.51. The summed E-state index contributed by atoms with van der Waals surface area (Å²) in [5.74, 6) is 0. The summed E-state index contributed by atoms with van der Waals surface area (Å²) in [7, 11) is 0. The van der Waals surface area contributed by atoms with Gasteiger partial charge in [-0.2, -0.15) is 5.10 Å². The van der Waals surface area contributed by atoms with Gasteiger partial charge in [-0.05, 0) is 6.92 Å². The second kappa shape index (κ2) is 4.14. The van der Waals surface area contributed by atoms with Crippen molar-refractivity contribution in [3.8, 4) is 0 Å². The smallest absolute Gasteiger partial charge is 0.227 e. The summed E-state index contributed by atoms with van der Waals surface area (Å²) in [4.78, 5) is 9.34. The third-order valence-electron chi connectivity index (χ3n) is 0.256. The van der Waals surface area contributed by atoms with Gasteiger partial charge in [0.1, 0.15) is 0 Å². The second-order valence-electron chi connectivity index (χ2n) is 0.634. The molecule has 0 spiro atoms. The molecule has 1 amide bonds. The van der Waals surface area contributed by atoms with Gasteiger partial charge in [0.05, 0.1) is 0 Å². The van der Waals surface area contributed by atoms with Gasteiger partial charge in [0.15, 0.2) is 0 Å². The van der Waals surface area contributed by atoms with Crippen LogP contribution in [0.4, 0.5) is 0 Å². The van der Waals surface area contributed by atoms with Crippen LogP contribution in [0.5, 0.6) is 0 Å². The van der Waals surface area contributed by atoms with Crippen molar-refractivity contribution in [3.05, 3.63) is 0 Å². The number of hydrogen-bond acceptors (Lipinski definition) is 2. The molecule has 0 saturated carbocycles. The van der Waals surface area contributed by atoms with Gasteiger partial charge in [-0.3, -0.25) is 10.2 Å². The van der Waals surface area contributed by atoms with E-state index in [0.29, 0.717) is 6.41 Å². The Morgan fingerprint density at radius 1 is 1.83 bits per heavy atom. The molecule has 0 bridgehead atoms. The van der Waals surface area contributed by atoms with E-state index in [4.69, 9.17) is 0 Å². The molecule has 0 heterocycles. The van der Waals surface area contributed by atoms with Crippen molar-refractivity contribution in [1.29, 1.82) is 0 Å². The highest BCUT2D eigenvalue weighted by Crippen LogP contribution is 1.43. The molecule has 34 valence electrons. The highest BCUT2D eigenvalue weighted by Gasteiger charge is 1.55. The van der Waals surface area contributed by atoms with E-state index in [0.717, 1.165) is 0 Å². The summed E-state index contributed by atoms with van der Waals surface area (Å²) in [6.45, 7) is 1.72. The molecule has 0 rings (SSSR count). The summed E-state index contributed by atoms with van der Waals surface area (Å²) in [6.07, 6.45) is 2.01. The average Bonchev–Trinajstić information content (AvgIpc) is 1.61. The van der Waals surface area contributed by atoms with Gasteiger partial charge >= 0.3 is 0 Å². The van der Waals surface area contributed by atoms with E-state index in [1.54, 1.807) is 6.92 Å². The van der Waals surface area contributed by atoms with E-state index in [2.05, 4.69) is 10.5 Å². The molecule has 0 atom stereocenters. The Balaban J connectivity index is 2.85. The van der Waals surface area contributed by atoms with Crippen LogP contribution < -0.4 is 5.43 Å². The predicted octanol–water partition coefficient (Wildman–Crippen LogP) is -0.262. The van der Waals surface area contributed by atoms with E-state index < -0.39 is 0 Å². The fourth-order valence-corrected chi connectivity index (χ4v) is 0.105. The maximum Gasteiger partial charge on any atom is 0.227 e. The summed E-state index contributed by atoms with van der Waals surface area (Å²) >= 11 is 0. The van der Waals surface area contributed by atoms with Crippen molar-refractivity contribution in [3.63, 3.8) is 0 Å². The van der Waals surface area contributed by atoms with Gasteiger partial charge < -0.3 is 0 Å². The SMILES string of the molecule is C/C=N/NC=O. The third-order valence-corrected chi connectivity index (χ3v) is 0.256. The highest BCUT2D eigenvalue weighted by molar-refractivity contribution is 5.56. The van der Waals surface area contributed by atoms with Gasteiger partial charge in [-0.25, -0.2) is 0 Å². The van der Waals surface area contributed by atoms with Crippen molar-refractivity contribution in [2.75, 3.05) is 0 Å². The maximum absolute atomic E-state index is 9.34. The Bertz CT molecular complexity index is 59.8. The molecular weight excluding hydrogens is 80.0 g/mol. The van der Waals surface area contributed by atoms with E-state index in [1.165, 1.54) is 6.21 Å². The number of carbonyl (C=O) groups is 1. The summed E-state index contributed by atoms with van der Waals surface area (Å²) in [5.41, 5.74) is 2.09. The fourth-order valence-electron chi connectivity index (χ4n) is 0.105. The minimum atomic E-state index is 0.514. The standard InChI is InChI=1S/C3H6N2O/c1-2-4-5-3-6/h2-3H,1H3,(H,5,6)/b4-2+. The molecule has 0 aliphatic rings. The molecular formula is C3H6N2O. The summed E-state index contributed by atoms with van der Waals surface area (Å²) < 4.78 is 0. The van der Waals surface area contributed by atoms with Crippen LogP contribution in [0.3, 0.4) is 0 Å². The fraction of sp³-hybridized carbons (Fsp3) is 0.333. The van der Waals surface area contributed by atoms with E-state index in [1.807, 2.05) is 0 Å². The molecule has 0 aliphatic heterocycles. The number of hydrogen-bond donors (Lipinski definition) is 1. The first-order valence-electron chi connectivity index (χ1n) is 1.58. The lowest BCUT2D eigenvalue weighted by molar-refractivity contribution is -0.109. The third kappa shape index (κ3) is 3.14. The van der Waals surface area contributed by atoms with Crippen LogP contribution in [-0.2, 0) is 4.79 Å². The minimum Gasteiger partial charge on any atom is -0.277 e. The lowest BCUT2D eigenvalue weighted by Crippen LogP contribution is -1.98. The van der Waals surface area contributed by atoms with Crippen LogP contribution >= 0.6 is 0 Å². The number of amides is 1.